The zero-order valence-corrected chi connectivity index (χ0v) is 8.00. The van der Waals surface area contributed by atoms with Crippen molar-refractivity contribution in [3.8, 4) is 5.75 Å². The van der Waals surface area contributed by atoms with Crippen molar-refractivity contribution in [3.63, 3.8) is 0 Å². The average Bonchev–Trinajstić information content (AvgIpc) is 2.13. The molecule has 0 unspecified atom stereocenters. The van der Waals surface area contributed by atoms with E-state index in [1.54, 1.807) is 13.8 Å². The Hall–Kier alpha value is -1.58. The van der Waals surface area contributed by atoms with Crippen molar-refractivity contribution >= 4 is 5.97 Å². The standard InChI is InChI=1S/C10H11FO3/c1-3-14-10(13)8-6(2)4-5-7(11)9(8)12/h4-5,12H,3H2,1-2H3. The first-order valence-corrected chi connectivity index (χ1v) is 4.23. The predicted molar refractivity (Wildman–Crippen MR) is 48.8 cm³/mol. The molecule has 0 fully saturated rings. The van der Waals surface area contributed by atoms with Crippen molar-refractivity contribution in [1.82, 2.24) is 0 Å². The highest BCUT2D eigenvalue weighted by Gasteiger charge is 2.18. The summed E-state index contributed by atoms with van der Waals surface area (Å²) in [6.45, 7) is 3.43. The van der Waals surface area contributed by atoms with Gasteiger partial charge in [0.15, 0.2) is 11.6 Å². The molecule has 0 saturated carbocycles. The highest BCUT2D eigenvalue weighted by atomic mass is 19.1. The van der Waals surface area contributed by atoms with E-state index in [1.165, 1.54) is 6.07 Å². The molecule has 0 aliphatic rings. The number of phenols is 1. The largest absolute Gasteiger partial charge is 0.504 e. The average molecular weight is 198 g/mol. The van der Waals surface area contributed by atoms with Gasteiger partial charge >= 0.3 is 5.97 Å². The van der Waals surface area contributed by atoms with Crippen LogP contribution < -0.4 is 0 Å². The van der Waals surface area contributed by atoms with Crippen LogP contribution in [0.2, 0.25) is 0 Å². The number of ether oxygens (including phenoxy) is 1. The van der Waals surface area contributed by atoms with Crippen LogP contribution in [0.25, 0.3) is 0 Å². The molecule has 0 saturated heterocycles. The molecule has 0 radical (unpaired) electrons. The van der Waals surface area contributed by atoms with Gasteiger partial charge in [-0.3, -0.25) is 0 Å². The summed E-state index contributed by atoms with van der Waals surface area (Å²) in [5, 5.41) is 9.30. The summed E-state index contributed by atoms with van der Waals surface area (Å²) >= 11 is 0. The minimum Gasteiger partial charge on any atom is -0.504 e. The fraction of sp³-hybridized carbons (Fsp3) is 0.300. The van der Waals surface area contributed by atoms with Crippen LogP contribution >= 0.6 is 0 Å². The lowest BCUT2D eigenvalue weighted by Gasteiger charge is -2.07. The Labute approximate surface area is 81.1 Å². The van der Waals surface area contributed by atoms with E-state index in [4.69, 9.17) is 0 Å². The Bertz CT molecular complexity index is 361. The molecule has 0 atom stereocenters. The molecule has 1 aromatic rings. The van der Waals surface area contributed by atoms with Crippen LogP contribution in [-0.2, 0) is 4.74 Å². The van der Waals surface area contributed by atoms with Crippen molar-refractivity contribution in [3.05, 3.63) is 29.1 Å². The van der Waals surface area contributed by atoms with E-state index >= 15 is 0 Å². The van der Waals surface area contributed by atoms with E-state index in [0.717, 1.165) is 6.07 Å². The molecule has 0 spiro atoms. The Morgan fingerprint density at radius 2 is 2.21 bits per heavy atom. The lowest BCUT2D eigenvalue weighted by atomic mass is 10.1. The molecule has 4 heteroatoms. The van der Waals surface area contributed by atoms with Gasteiger partial charge in [0.25, 0.3) is 0 Å². The Morgan fingerprint density at radius 1 is 1.57 bits per heavy atom. The van der Waals surface area contributed by atoms with Gasteiger partial charge < -0.3 is 9.84 Å². The number of hydrogen-bond acceptors (Lipinski definition) is 3. The van der Waals surface area contributed by atoms with Crippen molar-refractivity contribution < 1.29 is 19.0 Å². The molecule has 1 N–H and O–H groups in total. The maximum Gasteiger partial charge on any atom is 0.342 e. The van der Waals surface area contributed by atoms with Crippen molar-refractivity contribution in [2.75, 3.05) is 6.61 Å². The molecule has 0 amide bonds. The van der Waals surface area contributed by atoms with Gasteiger partial charge in [0, 0.05) is 0 Å². The molecule has 0 heterocycles. The second kappa shape index (κ2) is 4.09. The van der Waals surface area contributed by atoms with E-state index in [0.29, 0.717) is 5.56 Å². The SMILES string of the molecule is CCOC(=O)c1c(C)ccc(F)c1O. The second-order valence-corrected chi connectivity index (χ2v) is 2.81. The minimum absolute atomic E-state index is 0.105. The molecule has 0 aromatic heterocycles. The lowest BCUT2D eigenvalue weighted by molar-refractivity contribution is 0.0521. The van der Waals surface area contributed by atoms with Crippen LogP contribution in [0.4, 0.5) is 4.39 Å². The number of esters is 1. The first-order chi connectivity index (χ1) is 6.57. The Balaban J connectivity index is 3.18. The van der Waals surface area contributed by atoms with Gasteiger partial charge in [-0.1, -0.05) is 6.07 Å². The molecule has 0 aliphatic carbocycles. The molecular formula is C10H11FO3. The van der Waals surface area contributed by atoms with E-state index in [2.05, 4.69) is 4.74 Å². The normalized spacial score (nSPS) is 9.93. The molecule has 3 nitrogen and oxygen atoms in total. The second-order valence-electron chi connectivity index (χ2n) is 2.81. The molecule has 1 rings (SSSR count). The number of aromatic hydroxyl groups is 1. The quantitative estimate of drug-likeness (QED) is 0.739. The summed E-state index contributed by atoms with van der Waals surface area (Å²) in [6, 6.07) is 2.52. The van der Waals surface area contributed by atoms with Crippen LogP contribution in [0.5, 0.6) is 5.75 Å². The number of aryl methyl sites for hydroxylation is 1. The topological polar surface area (TPSA) is 46.5 Å². The smallest absolute Gasteiger partial charge is 0.342 e. The summed E-state index contributed by atoms with van der Waals surface area (Å²) in [6.07, 6.45) is 0. The van der Waals surface area contributed by atoms with Crippen molar-refractivity contribution in [2.24, 2.45) is 0 Å². The highest BCUT2D eigenvalue weighted by molar-refractivity contribution is 5.94. The number of benzene rings is 1. The van der Waals surface area contributed by atoms with Crippen LogP contribution in [0, 0.1) is 12.7 Å². The third-order valence-electron chi connectivity index (χ3n) is 1.82. The summed E-state index contributed by atoms with van der Waals surface area (Å²) in [4.78, 5) is 11.3. The number of phenolic OH excluding ortho intramolecular Hbond substituents is 1. The Kier molecular flexibility index (Phi) is 3.06. The fourth-order valence-electron chi connectivity index (χ4n) is 1.13. The van der Waals surface area contributed by atoms with Gasteiger partial charge in [-0.25, -0.2) is 9.18 Å². The zero-order valence-electron chi connectivity index (χ0n) is 8.00. The number of rotatable bonds is 2. The van der Waals surface area contributed by atoms with Crippen molar-refractivity contribution in [1.29, 1.82) is 0 Å². The van der Waals surface area contributed by atoms with Gasteiger partial charge in [0.1, 0.15) is 5.56 Å². The van der Waals surface area contributed by atoms with Gasteiger partial charge in [0.2, 0.25) is 0 Å². The van der Waals surface area contributed by atoms with Gasteiger partial charge in [-0.15, -0.1) is 0 Å². The summed E-state index contributed by atoms with van der Waals surface area (Å²) in [7, 11) is 0. The molecule has 0 bridgehead atoms. The van der Waals surface area contributed by atoms with E-state index in [9.17, 15) is 14.3 Å². The first-order valence-electron chi connectivity index (χ1n) is 4.23. The monoisotopic (exact) mass is 198 g/mol. The summed E-state index contributed by atoms with van der Waals surface area (Å²) < 4.78 is 17.6. The van der Waals surface area contributed by atoms with Crippen LogP contribution in [-0.4, -0.2) is 17.7 Å². The van der Waals surface area contributed by atoms with Crippen LogP contribution in [0.1, 0.15) is 22.8 Å². The summed E-state index contributed by atoms with van der Waals surface area (Å²) in [5.41, 5.74) is 0.384. The third-order valence-corrected chi connectivity index (χ3v) is 1.82. The first kappa shape index (κ1) is 10.5. The minimum atomic E-state index is -0.821. The highest BCUT2D eigenvalue weighted by Crippen LogP contribution is 2.24. The molecule has 0 aliphatic heterocycles. The number of carbonyl (C=O) groups is 1. The fourth-order valence-corrected chi connectivity index (χ4v) is 1.13. The third kappa shape index (κ3) is 1.84. The molecule has 1 aromatic carbocycles. The summed E-state index contributed by atoms with van der Waals surface area (Å²) in [5.74, 6) is -2.18. The van der Waals surface area contributed by atoms with Crippen molar-refractivity contribution in [2.45, 2.75) is 13.8 Å². The molecule has 76 valence electrons. The van der Waals surface area contributed by atoms with E-state index in [-0.39, 0.29) is 12.2 Å². The number of carbonyl (C=O) groups excluding carboxylic acids is 1. The van der Waals surface area contributed by atoms with E-state index in [1.807, 2.05) is 0 Å². The molecule has 14 heavy (non-hydrogen) atoms. The number of halogens is 1. The van der Waals surface area contributed by atoms with Crippen LogP contribution in [0.3, 0.4) is 0 Å². The lowest BCUT2D eigenvalue weighted by Crippen LogP contribution is -2.07. The van der Waals surface area contributed by atoms with Gasteiger partial charge in [-0.2, -0.15) is 0 Å². The van der Waals surface area contributed by atoms with Gasteiger partial charge in [-0.05, 0) is 25.5 Å². The van der Waals surface area contributed by atoms with Crippen LogP contribution in [0.15, 0.2) is 12.1 Å². The zero-order chi connectivity index (χ0) is 10.7. The van der Waals surface area contributed by atoms with Gasteiger partial charge in [0.05, 0.1) is 6.61 Å². The maximum atomic E-state index is 12.9. The Morgan fingerprint density at radius 3 is 2.79 bits per heavy atom. The maximum absolute atomic E-state index is 12.9. The predicted octanol–water partition coefficient (Wildman–Crippen LogP) is 2.02. The molecular weight excluding hydrogens is 187 g/mol. The van der Waals surface area contributed by atoms with E-state index < -0.39 is 17.5 Å². The number of hydrogen-bond donors (Lipinski definition) is 1.